The van der Waals surface area contributed by atoms with Crippen LogP contribution in [0.3, 0.4) is 0 Å². The molecule has 3 aromatic heterocycles. The molecule has 0 spiro atoms. The van der Waals surface area contributed by atoms with Crippen LogP contribution in [0.15, 0.2) is 6.33 Å². The standard InChI is InChI=1S/C18H21F3N11O2/c1-4-31(5-2)18-28-13(27-16(21)30-18)11(34-3)7-32(17-25-9-24-15(20)29-17)6-10(33)12-22-8-23-14(19)26-12/h8,10-11,33H,4-7H2,1-3H3/t10-,11-/m0/s1. The fraction of sp³-hybridized carbons (Fsp3) is 0.500. The van der Waals surface area contributed by atoms with E-state index in [0.29, 0.717) is 13.1 Å². The minimum atomic E-state index is -1.46. The number of ether oxygens (including phenoxy) is 1. The van der Waals surface area contributed by atoms with Crippen molar-refractivity contribution in [3.63, 3.8) is 0 Å². The normalized spacial score (nSPS) is 12.9. The molecule has 3 rings (SSSR count). The van der Waals surface area contributed by atoms with Gasteiger partial charge in [0.1, 0.15) is 18.5 Å². The molecular formula is C18H21F3N11O2. The SMILES string of the molecule is CCN(CC)c1nc(F)nc([C@H](CN(C[C@H](O)c2ncnc(F)n2)c2n[c]nc(F)n2)OC)n1. The van der Waals surface area contributed by atoms with Crippen molar-refractivity contribution in [2.24, 2.45) is 0 Å². The van der Waals surface area contributed by atoms with Gasteiger partial charge in [-0.2, -0.15) is 53.0 Å². The Balaban J connectivity index is 1.93. The van der Waals surface area contributed by atoms with Crippen molar-refractivity contribution in [3.8, 4) is 0 Å². The van der Waals surface area contributed by atoms with Crippen LogP contribution in [0.25, 0.3) is 0 Å². The number of anilines is 2. The van der Waals surface area contributed by atoms with Crippen LogP contribution >= 0.6 is 0 Å². The van der Waals surface area contributed by atoms with Crippen molar-refractivity contribution in [2.45, 2.75) is 26.1 Å². The van der Waals surface area contributed by atoms with Crippen molar-refractivity contribution >= 4 is 11.9 Å². The summed E-state index contributed by atoms with van der Waals surface area (Å²) in [5.41, 5.74) is 0. The van der Waals surface area contributed by atoms with Crippen LogP contribution in [0.1, 0.15) is 37.7 Å². The van der Waals surface area contributed by atoms with Crippen molar-refractivity contribution in [1.29, 1.82) is 0 Å². The van der Waals surface area contributed by atoms with Gasteiger partial charge in [-0.3, -0.25) is 0 Å². The number of rotatable bonds is 11. The predicted octanol–water partition coefficient (Wildman–Crippen LogP) is 0.233. The summed E-state index contributed by atoms with van der Waals surface area (Å²) in [6.45, 7) is 4.25. The highest BCUT2D eigenvalue weighted by atomic mass is 19.1. The van der Waals surface area contributed by atoms with Crippen molar-refractivity contribution < 1.29 is 23.0 Å². The maximum atomic E-state index is 14.2. The third-order valence-corrected chi connectivity index (χ3v) is 4.64. The molecule has 13 nitrogen and oxygen atoms in total. The summed E-state index contributed by atoms with van der Waals surface area (Å²) in [5.74, 6) is -0.455. The molecule has 0 unspecified atom stereocenters. The van der Waals surface area contributed by atoms with Crippen molar-refractivity contribution in [1.82, 2.24) is 44.9 Å². The molecular weight excluding hydrogens is 459 g/mol. The van der Waals surface area contributed by atoms with E-state index in [1.165, 1.54) is 12.0 Å². The lowest BCUT2D eigenvalue weighted by molar-refractivity contribution is 0.0947. The highest BCUT2D eigenvalue weighted by Gasteiger charge is 2.26. The molecule has 1 radical (unpaired) electrons. The minimum Gasteiger partial charge on any atom is -0.383 e. The molecule has 3 aromatic rings. The van der Waals surface area contributed by atoms with E-state index in [1.807, 2.05) is 13.8 Å². The monoisotopic (exact) mass is 480 g/mol. The highest BCUT2D eigenvalue weighted by molar-refractivity contribution is 5.31. The Morgan fingerprint density at radius 3 is 2.21 bits per heavy atom. The molecule has 34 heavy (non-hydrogen) atoms. The fourth-order valence-corrected chi connectivity index (χ4v) is 2.97. The second-order valence-corrected chi connectivity index (χ2v) is 6.70. The molecule has 16 heteroatoms. The summed E-state index contributed by atoms with van der Waals surface area (Å²) in [6, 6.07) is 0. The Kier molecular flexibility index (Phi) is 8.42. The molecule has 181 valence electrons. The van der Waals surface area contributed by atoms with Gasteiger partial charge in [-0.05, 0) is 13.8 Å². The number of nitrogens with zero attached hydrogens (tertiary/aromatic N) is 11. The molecule has 1 N–H and O–H groups in total. The Bertz CT molecular complexity index is 1090. The zero-order valence-corrected chi connectivity index (χ0v) is 18.5. The molecule has 0 aliphatic heterocycles. The average Bonchev–Trinajstić information content (AvgIpc) is 2.82. The summed E-state index contributed by atoms with van der Waals surface area (Å²) in [4.78, 5) is 35.7. The summed E-state index contributed by atoms with van der Waals surface area (Å²) < 4.78 is 46.7. The van der Waals surface area contributed by atoms with Crippen LogP contribution in [0.2, 0.25) is 0 Å². The summed E-state index contributed by atoms with van der Waals surface area (Å²) in [6.07, 6.45) is -2.69. The van der Waals surface area contributed by atoms with Crippen molar-refractivity contribution in [2.75, 3.05) is 43.1 Å². The minimum absolute atomic E-state index is 0.0545. The average molecular weight is 480 g/mol. The van der Waals surface area contributed by atoms with Crippen molar-refractivity contribution in [3.05, 3.63) is 42.5 Å². The summed E-state index contributed by atoms with van der Waals surface area (Å²) in [7, 11) is 1.33. The second kappa shape index (κ2) is 11.5. The van der Waals surface area contributed by atoms with Crippen LogP contribution in [0.4, 0.5) is 25.1 Å². The zero-order chi connectivity index (χ0) is 24.7. The van der Waals surface area contributed by atoms with Crippen LogP contribution < -0.4 is 9.80 Å². The third kappa shape index (κ3) is 6.22. The molecule has 0 saturated carbocycles. The number of aliphatic hydroxyl groups excluding tert-OH is 1. The lowest BCUT2D eigenvalue weighted by Crippen LogP contribution is -2.36. The topological polar surface area (TPSA) is 152 Å². The maximum Gasteiger partial charge on any atom is 0.314 e. The van der Waals surface area contributed by atoms with Gasteiger partial charge < -0.3 is 19.6 Å². The number of aliphatic hydroxyl groups is 1. The first-order valence-electron chi connectivity index (χ1n) is 10.1. The van der Waals surface area contributed by atoms with Crippen LogP contribution in [0.5, 0.6) is 0 Å². The first-order chi connectivity index (χ1) is 16.3. The molecule has 0 aromatic carbocycles. The van der Waals surface area contributed by atoms with Crippen LogP contribution in [0, 0.1) is 24.6 Å². The maximum absolute atomic E-state index is 14.2. The van der Waals surface area contributed by atoms with E-state index in [9.17, 15) is 18.3 Å². The molecule has 3 heterocycles. The molecule has 0 bridgehead atoms. The molecule has 0 fully saturated rings. The molecule has 2 atom stereocenters. The van der Waals surface area contributed by atoms with E-state index in [2.05, 4.69) is 51.2 Å². The fourth-order valence-electron chi connectivity index (χ4n) is 2.97. The second-order valence-electron chi connectivity index (χ2n) is 6.70. The Morgan fingerprint density at radius 2 is 1.56 bits per heavy atom. The quantitative estimate of drug-likeness (QED) is 0.399. The molecule has 0 aliphatic rings. The number of methoxy groups -OCH3 is 1. The van der Waals surface area contributed by atoms with E-state index >= 15 is 0 Å². The first kappa shape index (κ1) is 25.0. The number of hydrogen-bond acceptors (Lipinski definition) is 13. The Morgan fingerprint density at radius 1 is 0.853 bits per heavy atom. The Labute approximate surface area is 192 Å². The van der Waals surface area contributed by atoms with Gasteiger partial charge in [0.15, 0.2) is 11.6 Å². The summed E-state index contributed by atoms with van der Waals surface area (Å²) in [5, 5.41) is 10.5. The molecule has 0 aliphatic carbocycles. The lowest BCUT2D eigenvalue weighted by Gasteiger charge is -2.28. The largest absolute Gasteiger partial charge is 0.383 e. The lowest BCUT2D eigenvalue weighted by atomic mass is 10.2. The van der Waals surface area contributed by atoms with E-state index in [1.54, 1.807) is 4.90 Å². The Hall–Kier alpha value is -3.66. The number of hydrogen-bond donors (Lipinski definition) is 1. The first-order valence-corrected chi connectivity index (χ1v) is 10.1. The van der Waals surface area contributed by atoms with E-state index in [0.717, 1.165) is 6.33 Å². The van der Waals surface area contributed by atoms with Crippen LogP contribution in [-0.4, -0.2) is 83.3 Å². The zero-order valence-electron chi connectivity index (χ0n) is 18.5. The van der Waals surface area contributed by atoms with Gasteiger partial charge in [0, 0.05) is 20.2 Å². The van der Waals surface area contributed by atoms with E-state index < -0.39 is 30.4 Å². The number of aromatic nitrogens is 9. The van der Waals surface area contributed by atoms with Gasteiger partial charge in [0.2, 0.25) is 18.2 Å². The van der Waals surface area contributed by atoms with E-state index in [-0.39, 0.29) is 36.6 Å². The number of halogens is 3. The third-order valence-electron chi connectivity index (χ3n) is 4.64. The summed E-state index contributed by atoms with van der Waals surface area (Å²) >= 11 is 0. The highest BCUT2D eigenvalue weighted by Crippen LogP contribution is 2.21. The van der Waals surface area contributed by atoms with Gasteiger partial charge in [0.05, 0.1) is 13.1 Å². The van der Waals surface area contributed by atoms with Gasteiger partial charge in [-0.15, -0.1) is 0 Å². The predicted molar refractivity (Wildman–Crippen MR) is 109 cm³/mol. The van der Waals surface area contributed by atoms with E-state index in [4.69, 9.17) is 4.74 Å². The van der Waals surface area contributed by atoms with Gasteiger partial charge in [-0.1, -0.05) is 0 Å². The smallest absolute Gasteiger partial charge is 0.314 e. The van der Waals surface area contributed by atoms with Gasteiger partial charge in [-0.25, -0.2) is 4.98 Å². The van der Waals surface area contributed by atoms with Gasteiger partial charge in [0.25, 0.3) is 0 Å². The molecule has 0 amide bonds. The molecule has 0 saturated heterocycles. The van der Waals surface area contributed by atoms with Crippen LogP contribution in [-0.2, 0) is 4.74 Å². The van der Waals surface area contributed by atoms with Gasteiger partial charge >= 0.3 is 18.2 Å².